The second-order valence-corrected chi connectivity index (χ2v) is 9.75. The third kappa shape index (κ3) is 5.05. The lowest BCUT2D eigenvalue weighted by Crippen LogP contribution is -2.44. The number of fused-ring (bicyclic) bond motifs is 1. The van der Waals surface area contributed by atoms with Crippen LogP contribution in [0.25, 0.3) is 10.9 Å². The molecule has 2 aliphatic heterocycles. The summed E-state index contributed by atoms with van der Waals surface area (Å²) in [6.07, 6.45) is 0.659. The first-order valence-corrected chi connectivity index (χ1v) is 12.6. The van der Waals surface area contributed by atoms with Gasteiger partial charge in [0.25, 0.3) is 5.91 Å². The Balaban J connectivity index is 1.09. The minimum atomic E-state index is -4.61. The normalized spacial score (nSPS) is 22.3. The van der Waals surface area contributed by atoms with Crippen LogP contribution in [-0.2, 0) is 15.7 Å². The summed E-state index contributed by atoms with van der Waals surface area (Å²) in [7, 11) is 0. The number of carbonyl (C=O) groups is 2. The number of nitrogens with zero attached hydrogens (tertiary/aromatic N) is 5. The topological polar surface area (TPSA) is 107 Å². The fraction of sp³-hybridized carbons (Fsp3) is 0.423. The smallest absolute Gasteiger partial charge is 0.417 e. The zero-order valence-corrected chi connectivity index (χ0v) is 20.6. The largest absolute Gasteiger partial charge is 0.486 e. The van der Waals surface area contributed by atoms with E-state index >= 15 is 0 Å². The quantitative estimate of drug-likeness (QED) is 0.430. The number of rotatable bonds is 6. The van der Waals surface area contributed by atoms with Crippen molar-refractivity contribution in [3.63, 3.8) is 0 Å². The number of ether oxygens (including phenoxy) is 3. The van der Waals surface area contributed by atoms with Crippen molar-refractivity contribution in [3.8, 4) is 11.6 Å². The van der Waals surface area contributed by atoms with E-state index in [1.165, 1.54) is 6.33 Å². The molecule has 2 saturated heterocycles. The maximum absolute atomic E-state index is 13.1. The lowest BCUT2D eigenvalue weighted by Gasteiger charge is -2.33. The molecule has 3 fully saturated rings. The van der Waals surface area contributed by atoms with E-state index in [0.717, 1.165) is 27.4 Å². The minimum absolute atomic E-state index is 0.0401. The average Bonchev–Trinajstić information content (AvgIpc) is 3.20. The van der Waals surface area contributed by atoms with Crippen LogP contribution >= 0.6 is 0 Å². The Morgan fingerprint density at radius 3 is 2.46 bits per heavy atom. The molecule has 0 N–H and O–H groups in total. The number of alkyl halides is 3. The van der Waals surface area contributed by atoms with E-state index in [4.69, 9.17) is 14.2 Å². The van der Waals surface area contributed by atoms with Gasteiger partial charge >= 0.3 is 12.2 Å². The maximum atomic E-state index is 13.1. The number of benzene rings is 1. The minimum Gasteiger partial charge on any atom is -0.486 e. The van der Waals surface area contributed by atoms with Gasteiger partial charge in [-0.05, 0) is 43.9 Å². The van der Waals surface area contributed by atoms with Crippen molar-refractivity contribution >= 4 is 28.5 Å². The molecule has 2 aromatic heterocycles. The van der Waals surface area contributed by atoms with Gasteiger partial charge in [-0.3, -0.25) is 19.6 Å². The molecule has 4 heterocycles. The van der Waals surface area contributed by atoms with Gasteiger partial charge in [0, 0.05) is 18.3 Å². The summed E-state index contributed by atoms with van der Waals surface area (Å²) in [4.78, 5) is 40.2. The van der Waals surface area contributed by atoms with Gasteiger partial charge in [0.2, 0.25) is 5.88 Å². The zero-order chi connectivity index (χ0) is 27.1. The highest BCUT2D eigenvalue weighted by atomic mass is 19.4. The number of amides is 3. The molecule has 3 aliphatic rings. The average molecular weight is 544 g/mol. The summed E-state index contributed by atoms with van der Waals surface area (Å²) in [5, 5.41) is 0.743. The summed E-state index contributed by atoms with van der Waals surface area (Å²) < 4.78 is 56.5. The highest BCUT2D eigenvalue weighted by Crippen LogP contribution is 2.35. The van der Waals surface area contributed by atoms with Gasteiger partial charge in [-0.25, -0.2) is 14.8 Å². The van der Waals surface area contributed by atoms with E-state index in [0.29, 0.717) is 62.2 Å². The number of aromatic nitrogens is 3. The van der Waals surface area contributed by atoms with Crippen LogP contribution in [0.5, 0.6) is 11.6 Å². The number of urea groups is 1. The molecule has 10 nitrogen and oxygen atoms in total. The van der Waals surface area contributed by atoms with Crippen molar-refractivity contribution in [2.45, 2.75) is 50.1 Å². The number of hydrogen-bond donors (Lipinski definition) is 0. The number of halogens is 3. The van der Waals surface area contributed by atoms with Gasteiger partial charge in [-0.2, -0.15) is 13.2 Å². The molecule has 1 aliphatic carbocycles. The summed E-state index contributed by atoms with van der Waals surface area (Å²) in [5.41, 5.74) is -0.359. The Labute approximate surface area is 220 Å². The summed E-state index contributed by atoms with van der Waals surface area (Å²) in [6.45, 7) is 0.798. The molecule has 0 unspecified atom stereocenters. The van der Waals surface area contributed by atoms with Crippen molar-refractivity contribution in [1.29, 1.82) is 0 Å². The van der Waals surface area contributed by atoms with Gasteiger partial charge in [-0.15, -0.1) is 0 Å². The molecule has 13 heteroatoms. The van der Waals surface area contributed by atoms with Crippen molar-refractivity contribution < 1.29 is 37.0 Å². The SMILES string of the molecule is O=C1CN(c2cncc(C(F)(F)F)c2)C(=O)N1[C@H]1CC[C@H](Oc2ncnc3cc(OC4COC4)ccc23)CC1. The third-order valence-electron chi connectivity index (χ3n) is 7.13. The Morgan fingerprint density at radius 1 is 0.949 bits per heavy atom. The standard InChI is InChI=1S/C26H24F3N5O5/c27-26(28,29)15-7-17(10-30-9-15)33-11-23(35)34(25(33)36)16-1-3-18(4-2-16)39-24-21-6-5-19(38-20-12-37-13-20)8-22(21)31-14-32-24/h5-10,14,16,18,20H,1-4,11-13H2/t16-,18-. The van der Waals surface area contributed by atoms with E-state index in [1.807, 2.05) is 18.2 Å². The van der Waals surface area contributed by atoms with E-state index in [9.17, 15) is 22.8 Å². The van der Waals surface area contributed by atoms with E-state index in [1.54, 1.807) is 0 Å². The van der Waals surface area contributed by atoms with Crippen LogP contribution in [0.3, 0.4) is 0 Å². The summed E-state index contributed by atoms with van der Waals surface area (Å²) in [6, 6.07) is 5.34. The predicted octanol–water partition coefficient (Wildman–Crippen LogP) is 3.98. The van der Waals surface area contributed by atoms with Crippen LogP contribution in [-0.4, -0.2) is 69.8 Å². The fourth-order valence-corrected chi connectivity index (χ4v) is 5.04. The Morgan fingerprint density at radius 2 is 1.74 bits per heavy atom. The van der Waals surface area contributed by atoms with E-state index in [-0.39, 0.29) is 30.5 Å². The van der Waals surface area contributed by atoms with Crippen LogP contribution in [0.15, 0.2) is 43.0 Å². The first-order valence-electron chi connectivity index (χ1n) is 12.6. The molecular weight excluding hydrogens is 519 g/mol. The number of imide groups is 1. The monoisotopic (exact) mass is 543 g/mol. The van der Waals surface area contributed by atoms with Gasteiger partial charge in [0.05, 0.1) is 41.6 Å². The lowest BCUT2D eigenvalue weighted by molar-refractivity contribution is -0.137. The molecule has 1 saturated carbocycles. The molecule has 0 spiro atoms. The molecule has 3 amide bonds. The molecule has 39 heavy (non-hydrogen) atoms. The van der Waals surface area contributed by atoms with Crippen molar-refractivity contribution in [2.24, 2.45) is 0 Å². The number of hydrogen-bond acceptors (Lipinski definition) is 8. The number of pyridine rings is 1. The van der Waals surface area contributed by atoms with E-state index in [2.05, 4.69) is 15.0 Å². The second kappa shape index (κ2) is 9.95. The number of carbonyl (C=O) groups excluding carboxylic acids is 2. The summed E-state index contributed by atoms with van der Waals surface area (Å²) in [5.74, 6) is 0.685. The zero-order valence-electron chi connectivity index (χ0n) is 20.6. The van der Waals surface area contributed by atoms with Crippen LogP contribution < -0.4 is 14.4 Å². The molecule has 3 aromatic rings. The summed E-state index contributed by atoms with van der Waals surface area (Å²) >= 11 is 0. The highest BCUT2D eigenvalue weighted by molar-refractivity contribution is 6.12. The third-order valence-corrected chi connectivity index (χ3v) is 7.13. The molecule has 204 valence electrons. The molecule has 0 atom stereocenters. The number of anilines is 1. The lowest BCUT2D eigenvalue weighted by atomic mass is 9.92. The Bertz CT molecular complexity index is 1410. The first-order chi connectivity index (χ1) is 18.8. The maximum Gasteiger partial charge on any atom is 0.417 e. The van der Waals surface area contributed by atoms with Gasteiger partial charge in [0.15, 0.2) is 0 Å². The van der Waals surface area contributed by atoms with Gasteiger partial charge < -0.3 is 14.2 Å². The second-order valence-electron chi connectivity index (χ2n) is 9.75. The Kier molecular flexibility index (Phi) is 6.45. The van der Waals surface area contributed by atoms with Crippen LogP contribution in [0.1, 0.15) is 31.2 Å². The first kappa shape index (κ1) is 25.3. The fourth-order valence-electron chi connectivity index (χ4n) is 5.04. The van der Waals surface area contributed by atoms with Crippen LogP contribution in [0.4, 0.5) is 23.7 Å². The molecule has 6 rings (SSSR count). The van der Waals surface area contributed by atoms with Gasteiger partial charge in [0.1, 0.15) is 30.8 Å². The van der Waals surface area contributed by atoms with Crippen molar-refractivity contribution in [1.82, 2.24) is 19.9 Å². The van der Waals surface area contributed by atoms with Crippen LogP contribution in [0.2, 0.25) is 0 Å². The molecular formula is C26H24F3N5O5. The predicted molar refractivity (Wildman–Crippen MR) is 130 cm³/mol. The van der Waals surface area contributed by atoms with Crippen molar-refractivity contribution in [2.75, 3.05) is 24.7 Å². The van der Waals surface area contributed by atoms with E-state index < -0.39 is 23.7 Å². The Hall–Kier alpha value is -4.00. The molecule has 1 aromatic carbocycles. The molecule has 0 radical (unpaired) electrons. The highest BCUT2D eigenvalue weighted by Gasteiger charge is 2.43. The van der Waals surface area contributed by atoms with Gasteiger partial charge in [-0.1, -0.05) is 0 Å². The van der Waals surface area contributed by atoms with Crippen LogP contribution in [0, 0.1) is 0 Å². The van der Waals surface area contributed by atoms with Crippen molar-refractivity contribution in [3.05, 3.63) is 48.5 Å². The molecule has 0 bridgehead atoms.